The number of sulfonamides is 1. The zero-order chi connectivity index (χ0) is 24.2. The average molecular weight is 486 g/mol. The number of aromatic nitrogens is 3. The topological polar surface area (TPSA) is 122 Å². The lowest BCUT2D eigenvalue weighted by atomic mass is 10.2. The Kier molecular flexibility index (Phi) is 6.76. The van der Waals surface area contributed by atoms with Crippen molar-refractivity contribution < 1.29 is 40.6 Å². The van der Waals surface area contributed by atoms with Gasteiger partial charge in [0.25, 0.3) is 15.9 Å². The van der Waals surface area contributed by atoms with Gasteiger partial charge in [-0.05, 0) is 30.3 Å². The molecule has 176 valence electrons. The highest BCUT2D eigenvalue weighted by Crippen LogP contribution is 2.36. The van der Waals surface area contributed by atoms with Crippen LogP contribution >= 0.6 is 0 Å². The molecule has 0 saturated heterocycles. The van der Waals surface area contributed by atoms with Crippen molar-refractivity contribution in [2.24, 2.45) is 0 Å². The summed E-state index contributed by atoms with van der Waals surface area (Å²) in [4.78, 5) is 15.6. The number of pyridine rings is 1. The van der Waals surface area contributed by atoms with Crippen molar-refractivity contribution in [1.82, 2.24) is 19.5 Å². The molecule has 1 aromatic carbocycles. The summed E-state index contributed by atoms with van der Waals surface area (Å²) in [6.07, 6.45) is -1.92. The van der Waals surface area contributed by atoms with Gasteiger partial charge < -0.3 is 14.2 Å². The van der Waals surface area contributed by atoms with E-state index in [4.69, 9.17) is 9.47 Å². The maximum atomic E-state index is 12.8. The molecule has 0 aliphatic rings. The molecule has 3 rings (SSSR count). The number of alkyl halides is 3. The molecular weight excluding hydrogens is 469 g/mol. The summed E-state index contributed by atoms with van der Waals surface area (Å²) in [5.74, 6) is -2.70. The smallest absolute Gasteiger partial charge is 0.495 e. The third-order valence-electron chi connectivity index (χ3n) is 4.14. The van der Waals surface area contributed by atoms with Crippen LogP contribution < -0.4 is 18.9 Å². The van der Waals surface area contributed by atoms with E-state index in [1.165, 1.54) is 19.2 Å². The molecule has 0 spiro atoms. The number of carbonyl (C=O) groups excluding carboxylic acids is 1. The number of hydrogen-bond donors (Lipinski definition) is 1. The summed E-state index contributed by atoms with van der Waals surface area (Å²) in [7, 11) is -2.51. The average Bonchev–Trinajstić information content (AvgIpc) is 3.25. The van der Waals surface area contributed by atoms with Crippen molar-refractivity contribution in [2.45, 2.75) is 17.8 Å². The second-order valence-electron chi connectivity index (χ2n) is 6.34. The molecule has 0 bridgehead atoms. The van der Waals surface area contributed by atoms with Gasteiger partial charge in [-0.1, -0.05) is 6.07 Å². The van der Waals surface area contributed by atoms with Crippen molar-refractivity contribution in [1.29, 1.82) is 0 Å². The van der Waals surface area contributed by atoms with Crippen LogP contribution in [0, 0.1) is 0 Å². The van der Waals surface area contributed by atoms with Crippen molar-refractivity contribution in [2.75, 3.05) is 14.2 Å². The molecule has 0 radical (unpaired) electrons. The van der Waals surface area contributed by atoms with E-state index in [1.54, 1.807) is 27.9 Å². The van der Waals surface area contributed by atoms with Gasteiger partial charge in [0, 0.05) is 18.0 Å². The molecule has 0 unspecified atom stereocenters. The zero-order valence-electron chi connectivity index (χ0n) is 17.2. The summed E-state index contributed by atoms with van der Waals surface area (Å²) in [6.45, 7) is 0.267. The number of rotatable bonds is 8. The van der Waals surface area contributed by atoms with Gasteiger partial charge in [-0.2, -0.15) is 5.10 Å². The lowest BCUT2D eigenvalue weighted by Gasteiger charge is -2.16. The number of nitrogens with zero attached hydrogens (tertiary/aromatic N) is 3. The number of amides is 1. The molecule has 0 atom stereocenters. The van der Waals surface area contributed by atoms with E-state index in [0.29, 0.717) is 5.56 Å². The zero-order valence-corrected chi connectivity index (χ0v) is 18.0. The van der Waals surface area contributed by atoms with Crippen LogP contribution in [0.15, 0.2) is 53.7 Å². The predicted octanol–water partition coefficient (Wildman–Crippen LogP) is 2.36. The van der Waals surface area contributed by atoms with Crippen LogP contribution in [0.25, 0.3) is 0 Å². The Balaban J connectivity index is 1.91. The van der Waals surface area contributed by atoms with Gasteiger partial charge in [-0.3, -0.25) is 9.48 Å². The maximum absolute atomic E-state index is 12.8. The van der Waals surface area contributed by atoms with E-state index < -0.39 is 38.7 Å². The third-order valence-corrected chi connectivity index (χ3v) is 5.53. The molecule has 0 saturated carbocycles. The highest BCUT2D eigenvalue weighted by atomic mass is 32.2. The van der Waals surface area contributed by atoms with Gasteiger partial charge in [0.1, 0.15) is 11.4 Å². The summed E-state index contributed by atoms with van der Waals surface area (Å²) in [5.41, 5.74) is 0.194. The van der Waals surface area contributed by atoms with Crippen LogP contribution in [-0.2, 0) is 16.6 Å². The number of hydrogen-bond acceptors (Lipinski definition) is 8. The van der Waals surface area contributed by atoms with Crippen LogP contribution in [0.2, 0.25) is 0 Å². The molecule has 0 aliphatic carbocycles. The minimum absolute atomic E-state index is 0.0360. The lowest BCUT2D eigenvalue weighted by molar-refractivity contribution is -0.275. The van der Waals surface area contributed by atoms with Gasteiger partial charge in [-0.25, -0.2) is 18.1 Å². The summed E-state index contributed by atoms with van der Waals surface area (Å²) in [5, 5.41) is 4.05. The molecule has 1 amide bonds. The fourth-order valence-corrected chi connectivity index (χ4v) is 4.05. The van der Waals surface area contributed by atoms with E-state index in [9.17, 15) is 26.4 Å². The summed E-state index contributed by atoms with van der Waals surface area (Å²) in [6, 6.07) is 7.42. The van der Waals surface area contributed by atoms with Gasteiger partial charge in [0.2, 0.25) is 5.88 Å². The normalized spacial score (nSPS) is 11.7. The van der Waals surface area contributed by atoms with E-state index in [2.05, 4.69) is 14.8 Å². The molecule has 14 heteroatoms. The number of benzene rings is 1. The van der Waals surface area contributed by atoms with Crippen LogP contribution in [0.4, 0.5) is 13.2 Å². The van der Waals surface area contributed by atoms with Crippen molar-refractivity contribution in [3.05, 3.63) is 60.0 Å². The number of nitrogens with one attached hydrogen (secondary N) is 1. The molecule has 0 fully saturated rings. The predicted molar refractivity (Wildman–Crippen MR) is 106 cm³/mol. The fourth-order valence-electron chi connectivity index (χ4n) is 2.81. The molecule has 0 aliphatic heterocycles. The minimum atomic E-state index is -5.18. The summed E-state index contributed by atoms with van der Waals surface area (Å²) >= 11 is 0. The Morgan fingerprint density at radius 1 is 1.09 bits per heavy atom. The molecule has 2 heterocycles. The summed E-state index contributed by atoms with van der Waals surface area (Å²) < 4.78 is 80.9. The molecule has 33 heavy (non-hydrogen) atoms. The van der Waals surface area contributed by atoms with Crippen molar-refractivity contribution >= 4 is 15.9 Å². The Bertz CT molecular complexity index is 1250. The molecule has 1 N–H and O–H groups in total. The van der Waals surface area contributed by atoms with Crippen LogP contribution in [0.5, 0.6) is 17.4 Å². The third kappa shape index (κ3) is 5.71. The van der Waals surface area contributed by atoms with E-state index >= 15 is 0 Å². The second-order valence-corrected chi connectivity index (χ2v) is 7.96. The highest BCUT2D eigenvalue weighted by molar-refractivity contribution is 7.90. The van der Waals surface area contributed by atoms with Crippen molar-refractivity contribution in [3.63, 3.8) is 0 Å². The van der Waals surface area contributed by atoms with E-state index in [0.717, 1.165) is 25.3 Å². The fraction of sp³-hybridized carbons (Fsp3) is 0.211. The van der Waals surface area contributed by atoms with Crippen molar-refractivity contribution in [3.8, 4) is 17.4 Å². The van der Waals surface area contributed by atoms with Crippen LogP contribution in [0.3, 0.4) is 0 Å². The highest BCUT2D eigenvalue weighted by Gasteiger charge is 2.36. The molecule has 10 nitrogen and oxygen atoms in total. The quantitative estimate of drug-likeness (QED) is 0.515. The molecular formula is C19H17F3N4O6S. The standard InChI is InChI=1S/C19H17F3N4O6S/c1-30-14-5-3-6-15(32-19(20,21)22)16(14)33(28,29)25-17(27)13-8-7-12(18(24-13)31-2)11-26-10-4-9-23-26/h3-10H,11H2,1-2H3,(H,25,27). The molecule has 2 aromatic heterocycles. The first-order valence-electron chi connectivity index (χ1n) is 9.05. The van der Waals surface area contributed by atoms with E-state index in [-0.39, 0.29) is 18.1 Å². The maximum Gasteiger partial charge on any atom is 0.573 e. The SMILES string of the molecule is COc1cccc(OC(F)(F)F)c1S(=O)(=O)NC(=O)c1ccc(Cn2cccn2)c(OC)n1. The number of carbonyl (C=O) groups is 1. The first-order chi connectivity index (χ1) is 15.5. The number of methoxy groups -OCH3 is 2. The Morgan fingerprint density at radius 2 is 1.82 bits per heavy atom. The van der Waals surface area contributed by atoms with Gasteiger partial charge in [0.15, 0.2) is 10.6 Å². The number of ether oxygens (including phenoxy) is 3. The Labute approximate surface area is 186 Å². The van der Waals surface area contributed by atoms with Crippen LogP contribution in [0.1, 0.15) is 16.1 Å². The second kappa shape index (κ2) is 9.36. The minimum Gasteiger partial charge on any atom is -0.495 e. The van der Waals surface area contributed by atoms with Gasteiger partial charge in [0.05, 0.1) is 20.8 Å². The first-order valence-corrected chi connectivity index (χ1v) is 10.5. The Hall–Kier alpha value is -3.81. The van der Waals surface area contributed by atoms with Crippen LogP contribution in [-0.4, -0.2) is 49.7 Å². The Morgan fingerprint density at radius 3 is 2.42 bits per heavy atom. The van der Waals surface area contributed by atoms with Gasteiger partial charge >= 0.3 is 6.36 Å². The van der Waals surface area contributed by atoms with Gasteiger partial charge in [-0.15, -0.1) is 13.2 Å². The number of halogens is 3. The van der Waals surface area contributed by atoms with E-state index in [1.807, 2.05) is 0 Å². The lowest BCUT2D eigenvalue weighted by Crippen LogP contribution is -2.32. The monoisotopic (exact) mass is 486 g/mol. The first kappa shape index (κ1) is 23.8. The largest absolute Gasteiger partial charge is 0.573 e. The molecule has 3 aromatic rings.